The monoisotopic (exact) mass is 485 g/mol. The van der Waals surface area contributed by atoms with Gasteiger partial charge in [0.2, 0.25) is 0 Å². The first-order valence-corrected chi connectivity index (χ1v) is 12.0. The topological polar surface area (TPSA) is 114 Å². The van der Waals surface area contributed by atoms with Gasteiger partial charge < -0.3 is 15.4 Å². The summed E-state index contributed by atoms with van der Waals surface area (Å²) < 4.78 is 46.1. The quantitative estimate of drug-likeness (QED) is 0.385. The van der Waals surface area contributed by atoms with E-state index in [0.29, 0.717) is 17.9 Å². The Hall–Kier alpha value is -3.92. The number of benzene rings is 3. The van der Waals surface area contributed by atoms with E-state index in [4.69, 9.17) is 4.74 Å². The van der Waals surface area contributed by atoms with Crippen LogP contribution in [0.5, 0.6) is 0 Å². The van der Waals surface area contributed by atoms with E-state index in [9.17, 15) is 22.4 Å². The Kier molecular flexibility index (Phi) is 7.85. The highest BCUT2D eigenvalue weighted by molar-refractivity contribution is 7.92. The Bertz CT molecular complexity index is 1290. The van der Waals surface area contributed by atoms with Crippen LogP contribution < -0.4 is 15.4 Å². The standard InChI is InChI=1S/C24H24FN3O5S/c1-3-26-21-14-9-16(24(30)33-4-2)15-22(21)27-23(29)19-7-5-6-8-20(19)28-34(31,32)18-12-10-17(25)11-13-18/h5-15,26,28H,3-4H2,1-2H3,(H,27,29). The van der Waals surface area contributed by atoms with Crippen LogP contribution in [0.25, 0.3) is 0 Å². The molecular formula is C24H24FN3O5S. The molecule has 0 aliphatic heterocycles. The van der Waals surface area contributed by atoms with Gasteiger partial charge in [-0.3, -0.25) is 9.52 Å². The molecule has 0 saturated carbocycles. The zero-order valence-electron chi connectivity index (χ0n) is 18.6. The van der Waals surface area contributed by atoms with Crippen molar-refractivity contribution in [3.8, 4) is 0 Å². The van der Waals surface area contributed by atoms with E-state index in [2.05, 4.69) is 15.4 Å². The molecule has 3 aromatic carbocycles. The zero-order valence-corrected chi connectivity index (χ0v) is 19.4. The van der Waals surface area contributed by atoms with Crippen LogP contribution in [0, 0.1) is 5.82 Å². The van der Waals surface area contributed by atoms with Gasteiger partial charge in [-0.25, -0.2) is 17.6 Å². The third-order valence-corrected chi connectivity index (χ3v) is 6.07. The first-order chi connectivity index (χ1) is 16.2. The van der Waals surface area contributed by atoms with Crippen LogP contribution in [0.4, 0.5) is 21.5 Å². The minimum absolute atomic E-state index is 0.0378. The molecule has 178 valence electrons. The van der Waals surface area contributed by atoms with Crippen LogP contribution in [0.15, 0.2) is 71.6 Å². The molecule has 0 aliphatic rings. The molecule has 0 fully saturated rings. The van der Waals surface area contributed by atoms with Gasteiger partial charge in [0.1, 0.15) is 5.82 Å². The first kappa shape index (κ1) is 24.7. The summed E-state index contributed by atoms with van der Waals surface area (Å²) in [4.78, 5) is 25.1. The number of hydrogen-bond acceptors (Lipinski definition) is 6. The Balaban J connectivity index is 1.91. The Morgan fingerprint density at radius 3 is 2.29 bits per heavy atom. The third-order valence-electron chi connectivity index (χ3n) is 4.69. The van der Waals surface area contributed by atoms with E-state index in [1.165, 1.54) is 18.2 Å². The third kappa shape index (κ3) is 5.90. The molecule has 10 heteroatoms. The molecule has 0 bridgehead atoms. The van der Waals surface area contributed by atoms with Crippen molar-refractivity contribution in [2.45, 2.75) is 18.7 Å². The summed E-state index contributed by atoms with van der Waals surface area (Å²) in [5, 5.41) is 5.83. The summed E-state index contributed by atoms with van der Waals surface area (Å²) in [6.45, 7) is 4.34. The van der Waals surface area contributed by atoms with Crippen LogP contribution in [0.2, 0.25) is 0 Å². The second kappa shape index (κ2) is 10.8. The fraction of sp³-hybridized carbons (Fsp3) is 0.167. The number of rotatable bonds is 9. The lowest BCUT2D eigenvalue weighted by atomic mass is 10.1. The molecule has 0 aliphatic carbocycles. The number of carbonyl (C=O) groups is 2. The van der Waals surface area contributed by atoms with E-state index in [1.54, 1.807) is 31.2 Å². The van der Waals surface area contributed by atoms with Crippen LogP contribution in [0.1, 0.15) is 34.6 Å². The van der Waals surface area contributed by atoms with E-state index in [0.717, 1.165) is 24.3 Å². The van der Waals surface area contributed by atoms with Crippen molar-refractivity contribution in [1.29, 1.82) is 0 Å². The van der Waals surface area contributed by atoms with Crippen molar-refractivity contribution in [1.82, 2.24) is 0 Å². The fourth-order valence-electron chi connectivity index (χ4n) is 3.11. The lowest BCUT2D eigenvalue weighted by molar-refractivity contribution is 0.0526. The highest BCUT2D eigenvalue weighted by atomic mass is 32.2. The van der Waals surface area contributed by atoms with Gasteiger partial charge in [-0.2, -0.15) is 0 Å². The SMILES string of the molecule is CCNc1ccc(C(=O)OCC)cc1NC(=O)c1ccccc1NS(=O)(=O)c1ccc(F)cc1. The number of carbonyl (C=O) groups excluding carboxylic acids is 2. The molecule has 8 nitrogen and oxygen atoms in total. The normalized spacial score (nSPS) is 10.9. The summed E-state index contributed by atoms with van der Waals surface area (Å²) in [5.41, 5.74) is 1.25. The molecule has 0 spiro atoms. The van der Waals surface area contributed by atoms with Gasteiger partial charge in [-0.15, -0.1) is 0 Å². The molecular weight excluding hydrogens is 461 g/mol. The number of halogens is 1. The van der Waals surface area contributed by atoms with Crippen molar-refractivity contribution in [3.63, 3.8) is 0 Å². The van der Waals surface area contributed by atoms with Crippen molar-refractivity contribution in [2.24, 2.45) is 0 Å². The number of ether oxygens (including phenoxy) is 1. The van der Waals surface area contributed by atoms with Gasteiger partial charge in [-0.05, 0) is 68.4 Å². The number of esters is 1. The first-order valence-electron chi connectivity index (χ1n) is 10.5. The number of anilines is 3. The number of sulfonamides is 1. The summed E-state index contributed by atoms with van der Waals surface area (Å²) in [6, 6.07) is 15.1. The van der Waals surface area contributed by atoms with Crippen LogP contribution in [0.3, 0.4) is 0 Å². The van der Waals surface area contributed by atoms with E-state index in [1.807, 2.05) is 6.92 Å². The lowest BCUT2D eigenvalue weighted by Crippen LogP contribution is -2.19. The zero-order chi connectivity index (χ0) is 24.7. The molecule has 0 aromatic heterocycles. The molecule has 34 heavy (non-hydrogen) atoms. The number of amides is 1. The number of hydrogen-bond donors (Lipinski definition) is 3. The lowest BCUT2D eigenvalue weighted by Gasteiger charge is -2.16. The second-order valence-electron chi connectivity index (χ2n) is 7.07. The molecule has 3 aromatic rings. The van der Waals surface area contributed by atoms with Crippen LogP contribution in [-0.4, -0.2) is 33.4 Å². The van der Waals surface area contributed by atoms with E-state index >= 15 is 0 Å². The number of nitrogens with one attached hydrogen (secondary N) is 3. The average Bonchev–Trinajstić information content (AvgIpc) is 2.81. The van der Waals surface area contributed by atoms with Gasteiger partial charge in [0.25, 0.3) is 15.9 Å². The Labute approximate surface area is 197 Å². The molecule has 0 radical (unpaired) electrons. The van der Waals surface area contributed by atoms with Gasteiger partial charge in [0, 0.05) is 6.54 Å². The van der Waals surface area contributed by atoms with Gasteiger partial charge in [-0.1, -0.05) is 12.1 Å². The molecule has 1 amide bonds. The molecule has 0 saturated heterocycles. The molecule has 0 atom stereocenters. The molecule has 0 unspecified atom stereocenters. The Morgan fingerprint density at radius 2 is 1.62 bits per heavy atom. The highest BCUT2D eigenvalue weighted by Gasteiger charge is 2.20. The van der Waals surface area contributed by atoms with Gasteiger partial charge >= 0.3 is 5.97 Å². The van der Waals surface area contributed by atoms with Crippen LogP contribution >= 0.6 is 0 Å². The minimum Gasteiger partial charge on any atom is -0.462 e. The fourth-order valence-corrected chi connectivity index (χ4v) is 4.19. The minimum atomic E-state index is -4.07. The predicted octanol–water partition coefficient (Wildman–Crippen LogP) is 4.49. The van der Waals surface area contributed by atoms with E-state index < -0.39 is 27.7 Å². The molecule has 0 heterocycles. The van der Waals surface area contributed by atoms with E-state index in [-0.39, 0.29) is 28.3 Å². The maximum Gasteiger partial charge on any atom is 0.338 e. The maximum atomic E-state index is 13.2. The second-order valence-corrected chi connectivity index (χ2v) is 8.75. The molecule has 3 rings (SSSR count). The van der Waals surface area contributed by atoms with Crippen LogP contribution in [-0.2, 0) is 14.8 Å². The van der Waals surface area contributed by atoms with Gasteiger partial charge in [0.05, 0.1) is 39.7 Å². The summed E-state index contributed by atoms with van der Waals surface area (Å²) in [5.74, 6) is -1.70. The van der Waals surface area contributed by atoms with Gasteiger partial charge in [0.15, 0.2) is 0 Å². The Morgan fingerprint density at radius 1 is 0.912 bits per heavy atom. The largest absolute Gasteiger partial charge is 0.462 e. The summed E-state index contributed by atoms with van der Waals surface area (Å²) >= 11 is 0. The average molecular weight is 486 g/mol. The van der Waals surface area contributed by atoms with Crippen molar-refractivity contribution in [2.75, 3.05) is 28.5 Å². The maximum absolute atomic E-state index is 13.2. The van der Waals surface area contributed by atoms with Crippen molar-refractivity contribution in [3.05, 3.63) is 83.7 Å². The van der Waals surface area contributed by atoms with Crippen molar-refractivity contribution >= 4 is 39.0 Å². The summed E-state index contributed by atoms with van der Waals surface area (Å²) in [7, 11) is -4.07. The smallest absolute Gasteiger partial charge is 0.338 e. The predicted molar refractivity (Wildman–Crippen MR) is 128 cm³/mol. The van der Waals surface area contributed by atoms with Crippen molar-refractivity contribution < 1.29 is 27.1 Å². The highest BCUT2D eigenvalue weighted by Crippen LogP contribution is 2.27. The summed E-state index contributed by atoms with van der Waals surface area (Å²) in [6.07, 6.45) is 0. The number of para-hydroxylation sites is 1. The molecule has 3 N–H and O–H groups in total.